The van der Waals surface area contributed by atoms with Crippen LogP contribution >= 0.6 is 11.6 Å². The van der Waals surface area contributed by atoms with Crippen molar-refractivity contribution in [2.24, 2.45) is 5.73 Å². The van der Waals surface area contributed by atoms with E-state index in [4.69, 9.17) is 17.3 Å². The summed E-state index contributed by atoms with van der Waals surface area (Å²) in [6, 6.07) is 4.30. The van der Waals surface area contributed by atoms with E-state index in [0.29, 0.717) is 0 Å². The number of aromatic nitrogens is 1. The van der Waals surface area contributed by atoms with Crippen LogP contribution in [0.25, 0.3) is 10.9 Å². The molecule has 0 aliphatic heterocycles. The highest BCUT2D eigenvalue weighted by Crippen LogP contribution is 2.37. The first-order valence-electron chi connectivity index (χ1n) is 6.12. The number of nitrogens with two attached hydrogens (primary N) is 1. The van der Waals surface area contributed by atoms with Crippen molar-refractivity contribution in [3.05, 3.63) is 34.5 Å². The second-order valence-electron chi connectivity index (χ2n) is 5.33. The predicted molar refractivity (Wildman–Crippen MR) is 72.5 cm³/mol. The van der Waals surface area contributed by atoms with E-state index >= 15 is 0 Å². The topological polar surface area (TPSA) is 41.8 Å². The lowest BCUT2D eigenvalue weighted by Crippen LogP contribution is -2.22. The molecule has 0 saturated heterocycles. The Morgan fingerprint density at radius 2 is 2.18 bits per heavy atom. The first-order valence-corrected chi connectivity index (χ1v) is 6.50. The van der Waals surface area contributed by atoms with Gasteiger partial charge in [0.2, 0.25) is 0 Å². The minimum atomic E-state index is 0.120. The van der Waals surface area contributed by atoms with Gasteiger partial charge < -0.3 is 10.7 Å². The largest absolute Gasteiger partial charge is 0.360 e. The molecule has 1 saturated carbocycles. The Hall–Kier alpha value is -0.990. The monoisotopic (exact) mass is 248 g/mol. The molecule has 0 spiro atoms. The molecule has 2 nitrogen and oxygen atoms in total. The number of hydrogen-bond acceptors (Lipinski definition) is 1. The Balaban J connectivity index is 1.91. The Labute approximate surface area is 106 Å². The molecule has 0 amide bonds. The van der Waals surface area contributed by atoms with Crippen molar-refractivity contribution >= 4 is 22.5 Å². The van der Waals surface area contributed by atoms with Crippen LogP contribution < -0.4 is 5.73 Å². The summed E-state index contributed by atoms with van der Waals surface area (Å²) in [5, 5.41) is 2.04. The van der Waals surface area contributed by atoms with Crippen LogP contribution in [0.1, 0.15) is 30.4 Å². The predicted octanol–water partition coefficient (Wildman–Crippen LogP) is 3.55. The molecule has 1 heterocycles. The average molecular weight is 249 g/mol. The SMILES string of the molecule is Cc1c[nH]c2c(Cl)cc(CCC3(N)CC3)cc12. The molecule has 17 heavy (non-hydrogen) atoms. The Bertz CT molecular complexity index is 567. The summed E-state index contributed by atoms with van der Waals surface area (Å²) >= 11 is 6.28. The van der Waals surface area contributed by atoms with Crippen LogP contribution in [-0.4, -0.2) is 10.5 Å². The maximum absolute atomic E-state index is 6.28. The molecule has 3 heteroatoms. The fourth-order valence-electron chi connectivity index (χ4n) is 2.33. The zero-order valence-corrected chi connectivity index (χ0v) is 10.8. The molecule has 2 aromatic rings. The van der Waals surface area contributed by atoms with Crippen molar-refractivity contribution in [2.45, 2.75) is 38.1 Å². The van der Waals surface area contributed by atoms with E-state index in [2.05, 4.69) is 24.0 Å². The highest BCUT2D eigenvalue weighted by atomic mass is 35.5. The summed E-state index contributed by atoms with van der Waals surface area (Å²) in [5.41, 5.74) is 9.82. The van der Waals surface area contributed by atoms with Crippen molar-refractivity contribution in [3.8, 4) is 0 Å². The van der Waals surface area contributed by atoms with Gasteiger partial charge in [0.1, 0.15) is 0 Å². The van der Waals surface area contributed by atoms with Gasteiger partial charge in [-0.2, -0.15) is 0 Å². The molecule has 0 atom stereocenters. The number of rotatable bonds is 3. The lowest BCUT2D eigenvalue weighted by atomic mass is 10.0. The van der Waals surface area contributed by atoms with Crippen molar-refractivity contribution in [3.63, 3.8) is 0 Å². The average Bonchev–Trinajstić information content (AvgIpc) is 2.91. The van der Waals surface area contributed by atoms with E-state index in [1.807, 2.05) is 6.20 Å². The number of benzene rings is 1. The van der Waals surface area contributed by atoms with E-state index in [0.717, 1.165) is 23.4 Å². The zero-order valence-electron chi connectivity index (χ0n) is 10.0. The maximum Gasteiger partial charge on any atom is 0.0649 e. The van der Waals surface area contributed by atoms with E-state index in [-0.39, 0.29) is 5.54 Å². The molecule has 1 aliphatic rings. The summed E-state index contributed by atoms with van der Waals surface area (Å²) in [4.78, 5) is 3.21. The van der Waals surface area contributed by atoms with Crippen LogP contribution in [-0.2, 0) is 6.42 Å². The molecular weight excluding hydrogens is 232 g/mol. The van der Waals surface area contributed by atoms with Gasteiger partial charge in [-0.25, -0.2) is 0 Å². The lowest BCUT2D eigenvalue weighted by Gasteiger charge is -2.09. The number of fused-ring (bicyclic) bond motifs is 1. The number of aromatic amines is 1. The third kappa shape index (κ3) is 2.07. The lowest BCUT2D eigenvalue weighted by molar-refractivity contribution is 0.609. The van der Waals surface area contributed by atoms with Crippen LogP contribution in [0.3, 0.4) is 0 Å². The van der Waals surface area contributed by atoms with Gasteiger partial charge in [0, 0.05) is 17.1 Å². The number of aryl methyl sites for hydroxylation is 2. The van der Waals surface area contributed by atoms with Crippen molar-refractivity contribution in [2.75, 3.05) is 0 Å². The molecule has 1 aliphatic carbocycles. The normalized spacial score (nSPS) is 17.6. The van der Waals surface area contributed by atoms with E-state index < -0.39 is 0 Å². The molecule has 0 radical (unpaired) electrons. The molecule has 1 fully saturated rings. The number of nitrogens with one attached hydrogen (secondary N) is 1. The van der Waals surface area contributed by atoms with Crippen molar-refractivity contribution in [1.82, 2.24) is 4.98 Å². The van der Waals surface area contributed by atoms with Gasteiger partial charge in [0.05, 0.1) is 10.5 Å². The standard InChI is InChI=1S/C14H17ClN2/c1-9-8-17-13-11(9)6-10(7-12(13)15)2-3-14(16)4-5-14/h6-8,17H,2-5,16H2,1H3. The van der Waals surface area contributed by atoms with Gasteiger partial charge in [-0.3, -0.25) is 0 Å². The summed E-state index contributed by atoms with van der Waals surface area (Å²) in [6.07, 6.45) is 6.44. The van der Waals surface area contributed by atoms with E-state index in [1.54, 1.807) is 0 Å². The second-order valence-corrected chi connectivity index (χ2v) is 5.74. The molecule has 3 N–H and O–H groups in total. The van der Waals surface area contributed by atoms with Gasteiger partial charge in [-0.1, -0.05) is 11.6 Å². The Morgan fingerprint density at radius 3 is 2.88 bits per heavy atom. The minimum Gasteiger partial charge on any atom is -0.360 e. The summed E-state index contributed by atoms with van der Waals surface area (Å²) in [7, 11) is 0. The van der Waals surface area contributed by atoms with Gasteiger partial charge in [-0.15, -0.1) is 0 Å². The summed E-state index contributed by atoms with van der Waals surface area (Å²) < 4.78 is 0. The Kier molecular flexibility index (Phi) is 2.46. The first-order chi connectivity index (χ1) is 8.07. The summed E-state index contributed by atoms with van der Waals surface area (Å²) in [6.45, 7) is 2.10. The molecule has 3 rings (SSSR count). The number of hydrogen-bond donors (Lipinski definition) is 2. The third-order valence-electron chi connectivity index (χ3n) is 3.81. The number of H-pyrrole nitrogens is 1. The summed E-state index contributed by atoms with van der Waals surface area (Å²) in [5.74, 6) is 0. The van der Waals surface area contributed by atoms with Crippen LogP contribution in [0.5, 0.6) is 0 Å². The van der Waals surface area contributed by atoms with Gasteiger partial charge in [0.15, 0.2) is 0 Å². The molecule has 1 aromatic carbocycles. The molecule has 0 bridgehead atoms. The minimum absolute atomic E-state index is 0.120. The molecule has 0 unspecified atom stereocenters. The molecule has 90 valence electrons. The van der Waals surface area contributed by atoms with Gasteiger partial charge in [0.25, 0.3) is 0 Å². The fraction of sp³-hybridized carbons (Fsp3) is 0.429. The number of halogens is 1. The smallest absolute Gasteiger partial charge is 0.0649 e. The van der Waals surface area contributed by atoms with E-state index in [1.165, 1.54) is 29.4 Å². The van der Waals surface area contributed by atoms with Gasteiger partial charge >= 0.3 is 0 Å². The van der Waals surface area contributed by atoms with Crippen molar-refractivity contribution in [1.29, 1.82) is 0 Å². The highest BCUT2D eigenvalue weighted by molar-refractivity contribution is 6.35. The third-order valence-corrected chi connectivity index (χ3v) is 4.11. The second kappa shape index (κ2) is 3.76. The van der Waals surface area contributed by atoms with E-state index in [9.17, 15) is 0 Å². The Morgan fingerprint density at radius 1 is 1.41 bits per heavy atom. The zero-order chi connectivity index (χ0) is 12.0. The van der Waals surface area contributed by atoms with Crippen LogP contribution in [0.4, 0.5) is 0 Å². The van der Waals surface area contributed by atoms with Gasteiger partial charge in [-0.05, 0) is 55.9 Å². The van der Waals surface area contributed by atoms with Crippen molar-refractivity contribution < 1.29 is 0 Å². The molecular formula is C14H17ClN2. The highest BCUT2D eigenvalue weighted by Gasteiger charge is 2.37. The maximum atomic E-state index is 6.28. The molecule has 1 aromatic heterocycles. The fourth-order valence-corrected chi connectivity index (χ4v) is 2.62. The van der Waals surface area contributed by atoms with Crippen LogP contribution in [0, 0.1) is 6.92 Å². The first kappa shape index (κ1) is 11.1. The van der Waals surface area contributed by atoms with Crippen LogP contribution in [0.2, 0.25) is 5.02 Å². The van der Waals surface area contributed by atoms with Crippen LogP contribution in [0.15, 0.2) is 18.3 Å². The quantitative estimate of drug-likeness (QED) is 0.857.